The zero-order chi connectivity index (χ0) is 11.1. The summed E-state index contributed by atoms with van der Waals surface area (Å²) < 4.78 is 2.82. The minimum atomic E-state index is 0.310. The molecular formula is C10H7BrN4S. The predicted molar refractivity (Wildman–Crippen MR) is 68.4 cm³/mol. The van der Waals surface area contributed by atoms with Crippen LogP contribution in [0.15, 0.2) is 34.1 Å². The van der Waals surface area contributed by atoms with E-state index < -0.39 is 0 Å². The zero-order valence-electron chi connectivity index (χ0n) is 8.09. The molecule has 3 rings (SSSR count). The molecule has 0 saturated carbocycles. The molecule has 0 aliphatic carbocycles. The van der Waals surface area contributed by atoms with Crippen molar-refractivity contribution in [1.29, 1.82) is 0 Å². The first kappa shape index (κ1) is 9.80. The standard InChI is InChI=1S/C10H7BrN4S/c11-7-3-1-6(2-4-7)8-5-16-10-13-9(12)14-15(8)10/h1-5H,(H2,12,14). The van der Waals surface area contributed by atoms with Gasteiger partial charge in [-0.05, 0) is 12.1 Å². The number of nitrogens with two attached hydrogens (primary N) is 1. The number of thiazole rings is 1. The third-order valence-corrected chi connectivity index (χ3v) is 3.58. The van der Waals surface area contributed by atoms with Gasteiger partial charge in [-0.1, -0.05) is 28.1 Å². The smallest absolute Gasteiger partial charge is 0.241 e. The summed E-state index contributed by atoms with van der Waals surface area (Å²) >= 11 is 4.94. The highest BCUT2D eigenvalue weighted by molar-refractivity contribution is 9.10. The van der Waals surface area contributed by atoms with Gasteiger partial charge in [-0.2, -0.15) is 4.98 Å². The third-order valence-electron chi connectivity index (χ3n) is 2.24. The van der Waals surface area contributed by atoms with Gasteiger partial charge in [-0.25, -0.2) is 4.52 Å². The van der Waals surface area contributed by atoms with Gasteiger partial charge in [0.05, 0.1) is 5.69 Å². The minimum Gasteiger partial charge on any atom is -0.366 e. The molecule has 0 bridgehead atoms. The van der Waals surface area contributed by atoms with Crippen LogP contribution in [-0.4, -0.2) is 14.6 Å². The molecule has 0 aliphatic heterocycles. The maximum absolute atomic E-state index is 5.56. The van der Waals surface area contributed by atoms with Gasteiger partial charge in [0.25, 0.3) is 0 Å². The van der Waals surface area contributed by atoms with Crippen LogP contribution in [0.3, 0.4) is 0 Å². The third kappa shape index (κ3) is 1.50. The Hall–Kier alpha value is -1.40. The van der Waals surface area contributed by atoms with Gasteiger partial charge in [-0.15, -0.1) is 16.4 Å². The molecule has 3 aromatic rings. The Bertz CT molecular complexity index is 640. The lowest BCUT2D eigenvalue weighted by Crippen LogP contribution is -1.91. The molecule has 2 heterocycles. The average Bonchev–Trinajstić information content (AvgIpc) is 2.78. The summed E-state index contributed by atoms with van der Waals surface area (Å²) in [5, 5.41) is 6.18. The molecule has 2 N–H and O–H groups in total. The second-order valence-electron chi connectivity index (χ2n) is 3.29. The molecule has 0 spiro atoms. The van der Waals surface area contributed by atoms with Gasteiger partial charge in [0.2, 0.25) is 10.9 Å². The van der Waals surface area contributed by atoms with E-state index in [2.05, 4.69) is 26.0 Å². The molecular weight excluding hydrogens is 288 g/mol. The molecule has 4 nitrogen and oxygen atoms in total. The molecule has 0 saturated heterocycles. The number of anilines is 1. The summed E-state index contributed by atoms with van der Waals surface area (Å²) in [5.41, 5.74) is 7.67. The molecule has 1 aromatic carbocycles. The molecule has 0 atom stereocenters. The summed E-state index contributed by atoms with van der Waals surface area (Å²) in [5.74, 6) is 0.310. The number of aromatic nitrogens is 3. The second kappa shape index (κ2) is 3.57. The quantitative estimate of drug-likeness (QED) is 0.751. The SMILES string of the molecule is Nc1nc2scc(-c3ccc(Br)cc3)n2n1. The zero-order valence-corrected chi connectivity index (χ0v) is 10.5. The Morgan fingerprint density at radius 1 is 1.25 bits per heavy atom. The summed E-state index contributed by atoms with van der Waals surface area (Å²) in [6.45, 7) is 0. The van der Waals surface area contributed by atoms with E-state index in [1.165, 1.54) is 11.3 Å². The van der Waals surface area contributed by atoms with Crippen LogP contribution in [0.5, 0.6) is 0 Å². The number of nitrogens with zero attached hydrogens (tertiary/aromatic N) is 3. The summed E-state index contributed by atoms with van der Waals surface area (Å²) in [7, 11) is 0. The number of benzene rings is 1. The molecule has 0 fully saturated rings. The maximum Gasteiger partial charge on any atom is 0.241 e. The highest BCUT2D eigenvalue weighted by Crippen LogP contribution is 2.26. The molecule has 16 heavy (non-hydrogen) atoms. The number of nitrogen functional groups attached to an aromatic ring is 1. The Morgan fingerprint density at radius 3 is 2.75 bits per heavy atom. The van der Waals surface area contributed by atoms with Crippen molar-refractivity contribution in [3.05, 3.63) is 34.1 Å². The highest BCUT2D eigenvalue weighted by atomic mass is 79.9. The first-order valence-corrected chi connectivity index (χ1v) is 6.27. The molecule has 2 aromatic heterocycles. The van der Waals surface area contributed by atoms with Crippen molar-refractivity contribution in [1.82, 2.24) is 14.6 Å². The minimum absolute atomic E-state index is 0.310. The molecule has 0 aliphatic rings. The largest absolute Gasteiger partial charge is 0.366 e. The Kier molecular flexibility index (Phi) is 2.19. The van der Waals surface area contributed by atoms with E-state index in [4.69, 9.17) is 5.73 Å². The van der Waals surface area contributed by atoms with Gasteiger partial charge in [0, 0.05) is 15.4 Å². The van der Waals surface area contributed by atoms with Crippen molar-refractivity contribution < 1.29 is 0 Å². The fourth-order valence-corrected chi connectivity index (χ4v) is 2.62. The van der Waals surface area contributed by atoms with Crippen molar-refractivity contribution in [2.45, 2.75) is 0 Å². The Labute approximate surface area is 104 Å². The fraction of sp³-hybridized carbons (Fsp3) is 0. The number of hydrogen-bond donors (Lipinski definition) is 1. The lowest BCUT2D eigenvalue weighted by Gasteiger charge is -1.98. The highest BCUT2D eigenvalue weighted by Gasteiger charge is 2.09. The van der Waals surface area contributed by atoms with Crippen LogP contribution in [-0.2, 0) is 0 Å². The van der Waals surface area contributed by atoms with E-state index in [0.717, 1.165) is 20.7 Å². The topological polar surface area (TPSA) is 56.2 Å². The number of hydrogen-bond acceptors (Lipinski definition) is 4. The maximum atomic E-state index is 5.56. The number of halogens is 1. The molecule has 6 heteroatoms. The van der Waals surface area contributed by atoms with Crippen molar-refractivity contribution in [2.24, 2.45) is 0 Å². The lowest BCUT2D eigenvalue weighted by molar-refractivity contribution is 0.992. The summed E-state index contributed by atoms with van der Waals surface area (Å²) in [4.78, 5) is 4.93. The lowest BCUT2D eigenvalue weighted by atomic mass is 10.2. The second-order valence-corrected chi connectivity index (χ2v) is 5.04. The van der Waals surface area contributed by atoms with E-state index in [9.17, 15) is 0 Å². The van der Waals surface area contributed by atoms with Crippen LogP contribution < -0.4 is 5.73 Å². The van der Waals surface area contributed by atoms with Gasteiger partial charge in [0.1, 0.15) is 0 Å². The van der Waals surface area contributed by atoms with Crippen LogP contribution in [0.1, 0.15) is 0 Å². The van der Waals surface area contributed by atoms with Crippen LogP contribution in [0.2, 0.25) is 0 Å². The molecule has 0 unspecified atom stereocenters. The van der Waals surface area contributed by atoms with Gasteiger partial charge < -0.3 is 5.73 Å². The van der Waals surface area contributed by atoms with E-state index >= 15 is 0 Å². The predicted octanol–water partition coefficient (Wildman–Crippen LogP) is 2.80. The van der Waals surface area contributed by atoms with Crippen LogP contribution in [0, 0.1) is 0 Å². The first-order chi connectivity index (χ1) is 7.74. The molecule has 0 radical (unpaired) electrons. The molecule has 0 amide bonds. The number of fused-ring (bicyclic) bond motifs is 1. The summed E-state index contributed by atoms with van der Waals surface area (Å²) in [6.07, 6.45) is 0. The van der Waals surface area contributed by atoms with Crippen LogP contribution in [0.4, 0.5) is 5.95 Å². The molecule has 80 valence electrons. The normalized spacial score (nSPS) is 11.1. The van der Waals surface area contributed by atoms with Crippen LogP contribution in [0.25, 0.3) is 16.2 Å². The average molecular weight is 295 g/mol. The van der Waals surface area contributed by atoms with Crippen molar-refractivity contribution in [3.63, 3.8) is 0 Å². The summed E-state index contributed by atoms with van der Waals surface area (Å²) in [6, 6.07) is 8.06. The van der Waals surface area contributed by atoms with E-state index in [-0.39, 0.29) is 0 Å². The van der Waals surface area contributed by atoms with Gasteiger partial charge >= 0.3 is 0 Å². The monoisotopic (exact) mass is 294 g/mol. The Morgan fingerprint density at radius 2 is 2.00 bits per heavy atom. The van der Waals surface area contributed by atoms with Gasteiger partial charge in [0.15, 0.2) is 0 Å². The van der Waals surface area contributed by atoms with Crippen molar-refractivity contribution >= 4 is 38.2 Å². The fourth-order valence-electron chi connectivity index (χ4n) is 1.52. The first-order valence-electron chi connectivity index (χ1n) is 4.60. The van der Waals surface area contributed by atoms with Crippen LogP contribution >= 0.6 is 27.3 Å². The van der Waals surface area contributed by atoms with Crippen molar-refractivity contribution in [3.8, 4) is 11.3 Å². The van der Waals surface area contributed by atoms with E-state index in [0.29, 0.717) is 5.95 Å². The van der Waals surface area contributed by atoms with Crippen molar-refractivity contribution in [2.75, 3.05) is 5.73 Å². The van der Waals surface area contributed by atoms with E-state index in [1.807, 2.05) is 29.6 Å². The Balaban J connectivity index is 2.21. The number of rotatable bonds is 1. The van der Waals surface area contributed by atoms with E-state index in [1.54, 1.807) is 4.52 Å². The van der Waals surface area contributed by atoms with Gasteiger partial charge in [-0.3, -0.25) is 0 Å².